The zero-order valence-electron chi connectivity index (χ0n) is 11.1. The van der Waals surface area contributed by atoms with Crippen molar-refractivity contribution >= 4 is 11.5 Å². The van der Waals surface area contributed by atoms with Crippen LogP contribution < -0.4 is 11.1 Å². The second-order valence-corrected chi connectivity index (χ2v) is 4.52. The average Bonchev–Trinajstić information content (AvgIpc) is 2.92. The fourth-order valence-electron chi connectivity index (χ4n) is 2.04. The van der Waals surface area contributed by atoms with Gasteiger partial charge in [-0.2, -0.15) is 5.10 Å². The number of furan rings is 1. The fourth-order valence-corrected chi connectivity index (χ4v) is 2.04. The van der Waals surface area contributed by atoms with Crippen molar-refractivity contribution in [2.75, 3.05) is 11.1 Å². The SMILES string of the molecule is CCc1nn(C)c(NC(C)Cc2ccco2)c1N. The number of anilines is 2. The van der Waals surface area contributed by atoms with E-state index in [1.807, 2.05) is 19.2 Å². The summed E-state index contributed by atoms with van der Waals surface area (Å²) in [6.07, 6.45) is 3.35. The molecule has 1 unspecified atom stereocenters. The Bertz CT molecular complexity index is 501. The highest BCUT2D eigenvalue weighted by molar-refractivity contribution is 5.65. The van der Waals surface area contributed by atoms with Crippen molar-refractivity contribution in [2.24, 2.45) is 7.05 Å². The number of nitrogens with two attached hydrogens (primary N) is 1. The van der Waals surface area contributed by atoms with Gasteiger partial charge in [0.15, 0.2) is 0 Å². The molecular formula is C13H20N4O. The third-order valence-electron chi connectivity index (χ3n) is 2.97. The molecule has 2 aromatic rings. The van der Waals surface area contributed by atoms with Crippen molar-refractivity contribution < 1.29 is 4.42 Å². The molecule has 0 saturated heterocycles. The maximum Gasteiger partial charge on any atom is 0.148 e. The van der Waals surface area contributed by atoms with Crippen molar-refractivity contribution in [1.29, 1.82) is 0 Å². The Morgan fingerprint density at radius 2 is 2.33 bits per heavy atom. The van der Waals surface area contributed by atoms with E-state index in [0.29, 0.717) is 0 Å². The van der Waals surface area contributed by atoms with Crippen LogP contribution in [0.15, 0.2) is 22.8 Å². The van der Waals surface area contributed by atoms with Gasteiger partial charge in [-0.3, -0.25) is 4.68 Å². The summed E-state index contributed by atoms with van der Waals surface area (Å²) in [5.74, 6) is 1.84. The lowest BCUT2D eigenvalue weighted by Gasteiger charge is -2.14. The molecule has 0 aliphatic rings. The maximum atomic E-state index is 6.07. The highest BCUT2D eigenvalue weighted by Gasteiger charge is 2.14. The summed E-state index contributed by atoms with van der Waals surface area (Å²) < 4.78 is 7.13. The predicted octanol–water partition coefficient (Wildman–Crippen LogP) is 2.20. The second kappa shape index (κ2) is 5.16. The summed E-state index contributed by atoms with van der Waals surface area (Å²) in [6.45, 7) is 4.15. The van der Waals surface area contributed by atoms with E-state index >= 15 is 0 Å². The summed E-state index contributed by atoms with van der Waals surface area (Å²) in [6, 6.07) is 4.11. The van der Waals surface area contributed by atoms with E-state index < -0.39 is 0 Å². The molecule has 2 rings (SSSR count). The minimum absolute atomic E-state index is 0.235. The van der Waals surface area contributed by atoms with Gasteiger partial charge < -0.3 is 15.5 Å². The summed E-state index contributed by atoms with van der Waals surface area (Å²) in [5.41, 5.74) is 7.74. The van der Waals surface area contributed by atoms with Crippen LogP contribution in [0.25, 0.3) is 0 Å². The number of nitrogens with one attached hydrogen (secondary N) is 1. The minimum Gasteiger partial charge on any atom is -0.469 e. The van der Waals surface area contributed by atoms with Gasteiger partial charge in [0.1, 0.15) is 11.6 Å². The first-order valence-corrected chi connectivity index (χ1v) is 6.22. The van der Waals surface area contributed by atoms with Gasteiger partial charge in [0.25, 0.3) is 0 Å². The van der Waals surface area contributed by atoms with Gasteiger partial charge in [0.2, 0.25) is 0 Å². The topological polar surface area (TPSA) is 69.0 Å². The third kappa shape index (κ3) is 2.50. The lowest BCUT2D eigenvalue weighted by Crippen LogP contribution is -2.20. The quantitative estimate of drug-likeness (QED) is 0.851. The lowest BCUT2D eigenvalue weighted by atomic mass is 10.2. The highest BCUT2D eigenvalue weighted by atomic mass is 16.3. The van der Waals surface area contributed by atoms with Gasteiger partial charge in [-0.15, -0.1) is 0 Å². The molecule has 0 aliphatic heterocycles. The molecule has 0 aliphatic carbocycles. The molecule has 98 valence electrons. The smallest absolute Gasteiger partial charge is 0.148 e. The van der Waals surface area contributed by atoms with Crippen molar-refractivity contribution in [3.8, 4) is 0 Å². The minimum atomic E-state index is 0.235. The van der Waals surface area contributed by atoms with Crippen LogP contribution >= 0.6 is 0 Å². The number of hydrogen-bond acceptors (Lipinski definition) is 4. The van der Waals surface area contributed by atoms with E-state index in [0.717, 1.165) is 35.8 Å². The van der Waals surface area contributed by atoms with E-state index in [1.54, 1.807) is 10.9 Å². The normalized spacial score (nSPS) is 12.6. The van der Waals surface area contributed by atoms with Crippen LogP contribution in [0.3, 0.4) is 0 Å². The Kier molecular flexibility index (Phi) is 3.60. The van der Waals surface area contributed by atoms with Crippen LogP contribution in [-0.4, -0.2) is 15.8 Å². The van der Waals surface area contributed by atoms with E-state index in [1.165, 1.54) is 0 Å². The molecule has 18 heavy (non-hydrogen) atoms. The Balaban J connectivity index is 2.07. The first kappa shape index (κ1) is 12.5. The molecular weight excluding hydrogens is 228 g/mol. The number of hydrogen-bond donors (Lipinski definition) is 2. The Morgan fingerprint density at radius 1 is 1.56 bits per heavy atom. The van der Waals surface area contributed by atoms with Crippen molar-refractivity contribution in [2.45, 2.75) is 32.7 Å². The molecule has 0 aromatic carbocycles. The molecule has 0 bridgehead atoms. The zero-order chi connectivity index (χ0) is 13.1. The molecule has 0 radical (unpaired) electrons. The largest absolute Gasteiger partial charge is 0.469 e. The van der Waals surface area contributed by atoms with Crippen molar-refractivity contribution in [3.63, 3.8) is 0 Å². The standard InChI is InChI=1S/C13H20N4O/c1-4-11-12(14)13(17(3)16-11)15-9(2)8-10-6-5-7-18-10/h5-7,9,15H,4,8,14H2,1-3H3. The van der Waals surface area contributed by atoms with Crippen LogP contribution in [0.5, 0.6) is 0 Å². The van der Waals surface area contributed by atoms with Gasteiger partial charge in [-0.05, 0) is 25.5 Å². The van der Waals surface area contributed by atoms with E-state index in [-0.39, 0.29) is 6.04 Å². The van der Waals surface area contributed by atoms with Crippen LogP contribution in [0.4, 0.5) is 11.5 Å². The van der Waals surface area contributed by atoms with Crippen molar-refractivity contribution in [3.05, 3.63) is 29.9 Å². The van der Waals surface area contributed by atoms with Crippen LogP contribution in [-0.2, 0) is 19.9 Å². The summed E-state index contributed by atoms with van der Waals surface area (Å²) >= 11 is 0. The molecule has 2 heterocycles. The Morgan fingerprint density at radius 3 is 2.89 bits per heavy atom. The van der Waals surface area contributed by atoms with Gasteiger partial charge in [0.05, 0.1) is 17.6 Å². The van der Waals surface area contributed by atoms with Gasteiger partial charge in [0, 0.05) is 19.5 Å². The number of rotatable bonds is 5. The number of nitrogen functional groups attached to an aromatic ring is 1. The molecule has 0 saturated carbocycles. The molecule has 2 aromatic heterocycles. The maximum absolute atomic E-state index is 6.07. The van der Waals surface area contributed by atoms with Crippen molar-refractivity contribution in [1.82, 2.24) is 9.78 Å². The number of aromatic nitrogens is 2. The fraction of sp³-hybridized carbons (Fsp3) is 0.462. The summed E-state index contributed by atoms with van der Waals surface area (Å²) in [5, 5.41) is 7.77. The Hall–Kier alpha value is -1.91. The molecule has 5 heteroatoms. The molecule has 0 fully saturated rings. The average molecular weight is 248 g/mol. The highest BCUT2D eigenvalue weighted by Crippen LogP contribution is 2.23. The van der Waals surface area contributed by atoms with Gasteiger partial charge in [-0.25, -0.2) is 0 Å². The molecule has 0 spiro atoms. The van der Waals surface area contributed by atoms with Crippen LogP contribution in [0.1, 0.15) is 25.3 Å². The second-order valence-electron chi connectivity index (χ2n) is 4.52. The van der Waals surface area contributed by atoms with Crippen LogP contribution in [0, 0.1) is 0 Å². The molecule has 5 nitrogen and oxygen atoms in total. The number of nitrogens with zero attached hydrogens (tertiary/aromatic N) is 2. The molecule has 1 atom stereocenters. The van der Waals surface area contributed by atoms with E-state index in [4.69, 9.17) is 10.2 Å². The summed E-state index contributed by atoms with van der Waals surface area (Å²) in [4.78, 5) is 0. The van der Waals surface area contributed by atoms with Gasteiger partial charge >= 0.3 is 0 Å². The zero-order valence-corrected chi connectivity index (χ0v) is 11.1. The van der Waals surface area contributed by atoms with E-state index in [2.05, 4.69) is 24.3 Å². The lowest BCUT2D eigenvalue weighted by molar-refractivity contribution is 0.497. The third-order valence-corrected chi connectivity index (χ3v) is 2.97. The van der Waals surface area contributed by atoms with Crippen LogP contribution in [0.2, 0.25) is 0 Å². The molecule has 3 N–H and O–H groups in total. The van der Waals surface area contributed by atoms with Gasteiger partial charge in [-0.1, -0.05) is 6.92 Å². The van der Waals surface area contributed by atoms with E-state index in [9.17, 15) is 0 Å². The monoisotopic (exact) mass is 248 g/mol. The summed E-state index contributed by atoms with van der Waals surface area (Å²) in [7, 11) is 1.90. The first-order valence-electron chi connectivity index (χ1n) is 6.22. The Labute approximate surface area is 107 Å². The first-order chi connectivity index (χ1) is 8.61. The number of aryl methyl sites for hydroxylation is 2. The predicted molar refractivity (Wildman–Crippen MR) is 72.5 cm³/mol. The molecule has 0 amide bonds.